The highest BCUT2D eigenvalue weighted by Gasteiger charge is 2.32. The second-order valence-electron chi connectivity index (χ2n) is 4.29. The Labute approximate surface area is 94.5 Å². The molecular weight excluding hydrogens is 206 g/mol. The molecule has 1 aliphatic rings. The molecule has 0 aromatic heterocycles. The van der Waals surface area contributed by atoms with Crippen LogP contribution in [0.15, 0.2) is 24.3 Å². The minimum atomic E-state index is -0.490. The van der Waals surface area contributed by atoms with Gasteiger partial charge in [0.25, 0.3) is 0 Å². The first-order chi connectivity index (χ1) is 7.72. The maximum absolute atomic E-state index is 9.96. The Hall–Kier alpha value is -1.10. The molecular formula is C12H17NO3. The molecule has 4 nitrogen and oxygen atoms in total. The minimum Gasteiger partial charge on any atom is -0.508 e. The van der Waals surface area contributed by atoms with Crippen molar-refractivity contribution < 1.29 is 15.3 Å². The third kappa shape index (κ3) is 2.19. The van der Waals surface area contributed by atoms with Crippen molar-refractivity contribution in [3.63, 3.8) is 0 Å². The standard InChI is InChI=1S/C12H17NO3/c14-7-9-5-13-6-11(16)12(9)8-1-3-10(15)4-2-8/h1-4,9,11-16H,5-7H2. The molecule has 4 N–H and O–H groups in total. The SMILES string of the molecule is OCC1CNCC(O)C1c1ccc(O)cc1. The molecule has 1 fully saturated rings. The summed E-state index contributed by atoms with van der Waals surface area (Å²) in [5.41, 5.74) is 0.964. The molecule has 0 aliphatic carbocycles. The van der Waals surface area contributed by atoms with Crippen LogP contribution in [0.2, 0.25) is 0 Å². The van der Waals surface area contributed by atoms with E-state index >= 15 is 0 Å². The highest BCUT2D eigenvalue weighted by Crippen LogP contribution is 2.31. The van der Waals surface area contributed by atoms with Gasteiger partial charge in [-0.1, -0.05) is 12.1 Å². The van der Waals surface area contributed by atoms with E-state index in [-0.39, 0.29) is 24.2 Å². The van der Waals surface area contributed by atoms with Gasteiger partial charge >= 0.3 is 0 Å². The molecule has 2 rings (SSSR count). The summed E-state index contributed by atoms with van der Waals surface area (Å²) in [5.74, 6) is 0.174. The summed E-state index contributed by atoms with van der Waals surface area (Å²) >= 11 is 0. The Bertz CT molecular complexity index is 339. The minimum absolute atomic E-state index is 0.0216. The largest absolute Gasteiger partial charge is 0.508 e. The van der Waals surface area contributed by atoms with Crippen molar-refractivity contribution >= 4 is 0 Å². The van der Waals surface area contributed by atoms with Gasteiger partial charge in [-0.05, 0) is 17.7 Å². The predicted octanol–water partition coefficient (Wildman–Crippen LogP) is 0.0484. The van der Waals surface area contributed by atoms with Gasteiger partial charge in [-0.15, -0.1) is 0 Å². The van der Waals surface area contributed by atoms with Crippen LogP contribution in [0.3, 0.4) is 0 Å². The topological polar surface area (TPSA) is 72.7 Å². The number of benzene rings is 1. The van der Waals surface area contributed by atoms with E-state index in [1.165, 1.54) is 0 Å². The van der Waals surface area contributed by atoms with Crippen LogP contribution >= 0.6 is 0 Å². The van der Waals surface area contributed by atoms with E-state index in [0.29, 0.717) is 13.1 Å². The molecule has 3 atom stereocenters. The van der Waals surface area contributed by atoms with Gasteiger partial charge in [-0.2, -0.15) is 0 Å². The number of phenols is 1. The molecule has 0 radical (unpaired) electrons. The Morgan fingerprint density at radius 2 is 1.88 bits per heavy atom. The Morgan fingerprint density at radius 1 is 1.19 bits per heavy atom. The van der Waals surface area contributed by atoms with E-state index in [2.05, 4.69) is 5.32 Å². The van der Waals surface area contributed by atoms with Crippen molar-refractivity contribution in [2.75, 3.05) is 19.7 Å². The number of aliphatic hydroxyl groups excluding tert-OH is 2. The quantitative estimate of drug-likeness (QED) is 0.571. The van der Waals surface area contributed by atoms with Crippen LogP contribution in [0.5, 0.6) is 5.75 Å². The molecule has 88 valence electrons. The third-order valence-electron chi connectivity index (χ3n) is 3.19. The van der Waals surface area contributed by atoms with Crippen molar-refractivity contribution in [1.29, 1.82) is 0 Å². The van der Waals surface area contributed by atoms with E-state index in [1.807, 2.05) is 0 Å². The van der Waals surface area contributed by atoms with Gasteiger partial charge in [0.05, 0.1) is 6.10 Å². The first kappa shape index (κ1) is 11.4. The van der Waals surface area contributed by atoms with Crippen molar-refractivity contribution in [3.8, 4) is 5.75 Å². The van der Waals surface area contributed by atoms with Gasteiger partial charge in [-0.25, -0.2) is 0 Å². The van der Waals surface area contributed by atoms with Crippen LogP contribution in [0.25, 0.3) is 0 Å². The first-order valence-corrected chi connectivity index (χ1v) is 5.51. The first-order valence-electron chi connectivity index (χ1n) is 5.51. The molecule has 1 aromatic carbocycles. The molecule has 3 unspecified atom stereocenters. The fourth-order valence-electron chi connectivity index (χ4n) is 2.35. The van der Waals surface area contributed by atoms with Crippen LogP contribution in [0, 0.1) is 5.92 Å². The summed E-state index contributed by atoms with van der Waals surface area (Å²) in [5, 5.41) is 31.6. The smallest absolute Gasteiger partial charge is 0.115 e. The maximum atomic E-state index is 9.96. The molecule has 0 saturated carbocycles. The number of β-amino-alcohol motifs (C(OH)–C–C–N with tert-alkyl or cyclic N) is 1. The van der Waals surface area contributed by atoms with Crippen LogP contribution < -0.4 is 5.32 Å². The van der Waals surface area contributed by atoms with Gasteiger partial charge in [0, 0.05) is 31.5 Å². The fourth-order valence-corrected chi connectivity index (χ4v) is 2.35. The third-order valence-corrected chi connectivity index (χ3v) is 3.19. The molecule has 0 amide bonds. The number of rotatable bonds is 2. The van der Waals surface area contributed by atoms with Gasteiger partial charge in [0.2, 0.25) is 0 Å². The molecule has 0 bridgehead atoms. The van der Waals surface area contributed by atoms with Crippen molar-refractivity contribution in [2.45, 2.75) is 12.0 Å². The molecule has 1 aromatic rings. The number of piperidine rings is 1. The van der Waals surface area contributed by atoms with Crippen LogP contribution in [-0.4, -0.2) is 41.1 Å². The summed E-state index contributed by atoms with van der Waals surface area (Å²) in [6, 6.07) is 6.82. The summed E-state index contributed by atoms with van der Waals surface area (Å²) in [6.07, 6.45) is -0.490. The number of aliphatic hydroxyl groups is 2. The molecule has 0 spiro atoms. The lowest BCUT2D eigenvalue weighted by Gasteiger charge is -2.35. The van der Waals surface area contributed by atoms with Crippen LogP contribution in [-0.2, 0) is 0 Å². The van der Waals surface area contributed by atoms with Crippen molar-refractivity contribution in [2.24, 2.45) is 5.92 Å². The Balaban J connectivity index is 2.24. The number of aromatic hydroxyl groups is 1. The van der Waals surface area contributed by atoms with Crippen molar-refractivity contribution in [1.82, 2.24) is 5.32 Å². The summed E-state index contributed by atoms with van der Waals surface area (Å²) in [4.78, 5) is 0. The average molecular weight is 223 g/mol. The fraction of sp³-hybridized carbons (Fsp3) is 0.500. The Kier molecular flexibility index (Phi) is 3.43. The highest BCUT2D eigenvalue weighted by molar-refractivity contribution is 5.30. The second-order valence-corrected chi connectivity index (χ2v) is 4.29. The van der Waals surface area contributed by atoms with Gasteiger partial charge in [0.15, 0.2) is 0 Å². The summed E-state index contributed by atoms with van der Waals surface area (Å²) in [7, 11) is 0. The second kappa shape index (κ2) is 4.82. The molecule has 16 heavy (non-hydrogen) atoms. The van der Waals surface area contributed by atoms with E-state index in [0.717, 1.165) is 5.56 Å². The molecule has 1 aliphatic heterocycles. The average Bonchev–Trinajstić information content (AvgIpc) is 2.30. The molecule has 4 heteroatoms. The lowest BCUT2D eigenvalue weighted by Crippen LogP contribution is -2.46. The number of hydrogen-bond acceptors (Lipinski definition) is 4. The van der Waals surface area contributed by atoms with Gasteiger partial charge in [0.1, 0.15) is 5.75 Å². The highest BCUT2D eigenvalue weighted by atomic mass is 16.3. The molecule has 1 heterocycles. The van der Waals surface area contributed by atoms with Gasteiger partial charge < -0.3 is 20.6 Å². The van der Waals surface area contributed by atoms with E-state index in [9.17, 15) is 15.3 Å². The lowest BCUT2D eigenvalue weighted by molar-refractivity contribution is 0.0614. The number of phenolic OH excluding ortho intramolecular Hbond substituents is 1. The zero-order valence-corrected chi connectivity index (χ0v) is 9.00. The van der Waals surface area contributed by atoms with Gasteiger partial charge in [-0.3, -0.25) is 0 Å². The zero-order chi connectivity index (χ0) is 11.5. The van der Waals surface area contributed by atoms with Crippen LogP contribution in [0.4, 0.5) is 0 Å². The lowest BCUT2D eigenvalue weighted by atomic mass is 9.80. The monoisotopic (exact) mass is 223 g/mol. The zero-order valence-electron chi connectivity index (χ0n) is 9.00. The normalized spacial score (nSPS) is 30.2. The maximum Gasteiger partial charge on any atom is 0.115 e. The van der Waals surface area contributed by atoms with E-state index < -0.39 is 6.10 Å². The van der Waals surface area contributed by atoms with Crippen LogP contribution in [0.1, 0.15) is 11.5 Å². The van der Waals surface area contributed by atoms with E-state index in [4.69, 9.17) is 0 Å². The predicted molar refractivity (Wildman–Crippen MR) is 60.3 cm³/mol. The Morgan fingerprint density at radius 3 is 2.50 bits per heavy atom. The number of hydrogen-bond donors (Lipinski definition) is 4. The molecule has 1 saturated heterocycles. The summed E-state index contributed by atoms with van der Waals surface area (Å²) < 4.78 is 0. The van der Waals surface area contributed by atoms with E-state index in [1.54, 1.807) is 24.3 Å². The number of nitrogens with one attached hydrogen (secondary N) is 1. The summed E-state index contributed by atoms with van der Waals surface area (Å²) in [6.45, 7) is 1.30. The van der Waals surface area contributed by atoms with Crippen molar-refractivity contribution in [3.05, 3.63) is 29.8 Å².